The van der Waals surface area contributed by atoms with Crippen LogP contribution >= 0.6 is 47.8 Å². The zero-order valence-electron chi connectivity index (χ0n) is 9.61. The van der Waals surface area contributed by atoms with Gasteiger partial charge in [0.1, 0.15) is 0 Å². The van der Waals surface area contributed by atoms with Crippen molar-refractivity contribution in [3.05, 3.63) is 0 Å². The predicted octanol–water partition coefficient (Wildman–Crippen LogP) is 3.42. The summed E-state index contributed by atoms with van der Waals surface area (Å²) in [5.74, 6) is 0.174. The van der Waals surface area contributed by atoms with Crippen LogP contribution < -0.4 is 5.32 Å². The highest BCUT2D eigenvalue weighted by atomic mass is 79.9. The molecule has 0 saturated heterocycles. The number of amides is 1. The molecule has 3 atom stereocenters. The quantitative estimate of drug-likeness (QED) is 0.685. The SMILES string of the molecule is CNC(=O)[C@]12CC[C@](C(Br)Br)([C@H]1Br)C2(C)C. The van der Waals surface area contributed by atoms with E-state index in [2.05, 4.69) is 67.0 Å². The Bertz CT molecular complexity index is 344. The van der Waals surface area contributed by atoms with Gasteiger partial charge in [0.15, 0.2) is 0 Å². The molecular formula is C11H16Br3NO. The average molecular weight is 418 g/mol. The minimum Gasteiger partial charge on any atom is -0.359 e. The van der Waals surface area contributed by atoms with Gasteiger partial charge in [-0.3, -0.25) is 4.79 Å². The van der Waals surface area contributed by atoms with Gasteiger partial charge in [0.2, 0.25) is 5.91 Å². The standard InChI is InChI=1S/C11H16Br3NO/c1-9(2)10(7(13)14)4-5-11(9,6(10)12)8(16)15-3/h6-7H,4-5H2,1-3H3,(H,15,16)/t6-,10-,11+/m1/s1. The normalized spacial score (nSPS) is 44.3. The molecule has 0 spiro atoms. The molecule has 16 heavy (non-hydrogen) atoms. The highest BCUT2D eigenvalue weighted by Gasteiger charge is 2.83. The van der Waals surface area contributed by atoms with E-state index in [0.717, 1.165) is 12.8 Å². The van der Waals surface area contributed by atoms with Crippen molar-refractivity contribution in [1.82, 2.24) is 5.32 Å². The van der Waals surface area contributed by atoms with Crippen LogP contribution in [0.1, 0.15) is 26.7 Å². The van der Waals surface area contributed by atoms with Gasteiger partial charge in [-0.2, -0.15) is 0 Å². The average Bonchev–Trinajstić information content (AvgIpc) is 2.66. The van der Waals surface area contributed by atoms with Gasteiger partial charge in [0, 0.05) is 17.3 Å². The van der Waals surface area contributed by atoms with E-state index in [1.54, 1.807) is 7.05 Å². The molecule has 0 unspecified atom stereocenters. The van der Waals surface area contributed by atoms with E-state index >= 15 is 0 Å². The van der Waals surface area contributed by atoms with Crippen molar-refractivity contribution in [3.63, 3.8) is 0 Å². The summed E-state index contributed by atoms with van der Waals surface area (Å²) in [5, 5.41) is 2.83. The Morgan fingerprint density at radius 1 is 1.38 bits per heavy atom. The predicted molar refractivity (Wildman–Crippen MR) is 76.3 cm³/mol. The van der Waals surface area contributed by atoms with Crippen LogP contribution in [0.5, 0.6) is 0 Å². The molecule has 1 N–H and O–H groups in total. The molecule has 5 heteroatoms. The smallest absolute Gasteiger partial charge is 0.227 e. The second-order valence-corrected chi connectivity index (χ2v) is 9.35. The Morgan fingerprint density at radius 3 is 2.25 bits per heavy atom. The second-order valence-electron chi connectivity index (χ2n) is 5.38. The highest BCUT2D eigenvalue weighted by molar-refractivity contribution is 9.24. The summed E-state index contributed by atoms with van der Waals surface area (Å²) in [6.07, 6.45) is 2.04. The van der Waals surface area contributed by atoms with E-state index in [1.165, 1.54) is 0 Å². The number of carbonyl (C=O) groups is 1. The van der Waals surface area contributed by atoms with Gasteiger partial charge in [0.25, 0.3) is 0 Å². The van der Waals surface area contributed by atoms with Crippen LogP contribution in [0.15, 0.2) is 0 Å². The van der Waals surface area contributed by atoms with E-state index in [0.29, 0.717) is 0 Å². The van der Waals surface area contributed by atoms with E-state index in [9.17, 15) is 4.79 Å². The van der Waals surface area contributed by atoms with Gasteiger partial charge in [0.05, 0.1) is 9.15 Å². The first-order valence-electron chi connectivity index (χ1n) is 5.43. The van der Waals surface area contributed by atoms with Crippen molar-refractivity contribution in [3.8, 4) is 0 Å². The summed E-state index contributed by atoms with van der Waals surface area (Å²) in [5.41, 5.74) is -0.118. The molecule has 3 rings (SSSR count). The van der Waals surface area contributed by atoms with Crippen LogP contribution in [0.25, 0.3) is 0 Å². The zero-order valence-corrected chi connectivity index (χ0v) is 14.4. The van der Waals surface area contributed by atoms with Crippen LogP contribution in [0.3, 0.4) is 0 Å². The first kappa shape index (κ1) is 13.3. The highest BCUT2D eigenvalue weighted by Crippen LogP contribution is 2.82. The maximum Gasteiger partial charge on any atom is 0.227 e. The Labute approximate surface area is 122 Å². The molecule has 0 radical (unpaired) electrons. The van der Waals surface area contributed by atoms with Gasteiger partial charge in [-0.15, -0.1) is 0 Å². The fraction of sp³-hybridized carbons (Fsp3) is 0.909. The molecular weight excluding hydrogens is 402 g/mol. The van der Waals surface area contributed by atoms with Crippen molar-refractivity contribution in [2.24, 2.45) is 16.2 Å². The van der Waals surface area contributed by atoms with Crippen molar-refractivity contribution >= 4 is 53.7 Å². The topological polar surface area (TPSA) is 29.1 Å². The molecule has 0 heterocycles. The van der Waals surface area contributed by atoms with Crippen LogP contribution in [0, 0.1) is 16.2 Å². The number of nitrogens with one attached hydrogen (secondary N) is 1. The third kappa shape index (κ3) is 1.07. The molecule has 0 aliphatic heterocycles. The number of rotatable bonds is 2. The lowest BCUT2D eigenvalue weighted by Crippen LogP contribution is -2.71. The van der Waals surface area contributed by atoms with Gasteiger partial charge in [-0.05, 0) is 18.3 Å². The lowest BCUT2D eigenvalue weighted by molar-refractivity contribution is -0.161. The summed E-state index contributed by atoms with van der Waals surface area (Å²) in [6.45, 7) is 4.42. The fourth-order valence-electron chi connectivity index (χ4n) is 3.92. The second kappa shape index (κ2) is 3.70. The van der Waals surface area contributed by atoms with E-state index in [-0.39, 0.29) is 30.7 Å². The van der Waals surface area contributed by atoms with Crippen LogP contribution in [0.2, 0.25) is 0 Å². The summed E-state index contributed by atoms with van der Waals surface area (Å²) in [6, 6.07) is 0. The minimum absolute atomic E-state index is 0.00588. The lowest BCUT2D eigenvalue weighted by atomic mass is 9.43. The summed E-state index contributed by atoms with van der Waals surface area (Å²) in [4.78, 5) is 12.4. The molecule has 2 nitrogen and oxygen atoms in total. The van der Waals surface area contributed by atoms with E-state index in [4.69, 9.17) is 0 Å². The molecule has 2 bridgehead atoms. The van der Waals surface area contributed by atoms with Crippen LogP contribution in [0.4, 0.5) is 0 Å². The molecule has 3 aliphatic carbocycles. The number of alkyl halides is 3. The minimum atomic E-state index is -0.248. The van der Waals surface area contributed by atoms with Gasteiger partial charge in [-0.1, -0.05) is 61.6 Å². The molecule has 3 fully saturated rings. The van der Waals surface area contributed by atoms with Crippen molar-refractivity contribution < 1.29 is 4.79 Å². The van der Waals surface area contributed by atoms with Crippen molar-refractivity contribution in [2.75, 3.05) is 7.05 Å². The number of hydrogen-bond acceptors (Lipinski definition) is 1. The maximum atomic E-state index is 12.2. The van der Waals surface area contributed by atoms with E-state index < -0.39 is 0 Å². The molecule has 0 aromatic carbocycles. The number of fused-ring (bicyclic) bond motifs is 1. The van der Waals surface area contributed by atoms with Gasteiger partial charge < -0.3 is 5.32 Å². The Kier molecular flexibility index (Phi) is 3.09. The summed E-state index contributed by atoms with van der Waals surface area (Å²) in [7, 11) is 1.73. The number of hydrogen-bond donors (Lipinski definition) is 1. The summed E-state index contributed by atoms with van der Waals surface area (Å²) < 4.78 is 0.243. The number of carbonyl (C=O) groups excluding carboxylic acids is 1. The maximum absolute atomic E-state index is 12.2. The zero-order chi connectivity index (χ0) is 12.4. The molecule has 0 aromatic rings. The Hall–Kier alpha value is 0.910. The summed E-state index contributed by atoms with van der Waals surface area (Å²) >= 11 is 11.1. The largest absolute Gasteiger partial charge is 0.359 e. The monoisotopic (exact) mass is 415 g/mol. The molecule has 92 valence electrons. The van der Waals surface area contributed by atoms with Crippen LogP contribution in [-0.2, 0) is 4.79 Å². The number of halogens is 3. The van der Waals surface area contributed by atoms with E-state index in [1.807, 2.05) is 0 Å². The molecule has 3 saturated carbocycles. The molecule has 3 aliphatic rings. The lowest BCUT2D eigenvalue weighted by Gasteiger charge is -2.66. The van der Waals surface area contributed by atoms with Crippen molar-refractivity contribution in [1.29, 1.82) is 0 Å². The third-order valence-electron chi connectivity index (χ3n) is 5.12. The Balaban J connectivity index is 2.46. The van der Waals surface area contributed by atoms with Crippen LogP contribution in [-0.4, -0.2) is 21.5 Å². The van der Waals surface area contributed by atoms with Gasteiger partial charge >= 0.3 is 0 Å². The fourth-order valence-corrected chi connectivity index (χ4v) is 8.84. The Morgan fingerprint density at radius 2 is 1.94 bits per heavy atom. The first-order valence-corrected chi connectivity index (χ1v) is 8.18. The molecule has 0 aromatic heterocycles. The van der Waals surface area contributed by atoms with Gasteiger partial charge in [-0.25, -0.2) is 0 Å². The first-order chi connectivity index (χ1) is 7.29. The van der Waals surface area contributed by atoms with Crippen molar-refractivity contribution in [2.45, 2.75) is 35.3 Å². The third-order valence-corrected chi connectivity index (χ3v) is 8.35. The molecule has 1 amide bonds.